The third kappa shape index (κ3) is 1.79. The van der Waals surface area contributed by atoms with Gasteiger partial charge >= 0.3 is 0 Å². The molecule has 106 valence electrons. The van der Waals surface area contributed by atoms with Crippen LogP contribution in [-0.2, 0) is 0 Å². The summed E-state index contributed by atoms with van der Waals surface area (Å²) in [5, 5.41) is 10.6. The van der Waals surface area contributed by atoms with Gasteiger partial charge in [0.2, 0.25) is 11.8 Å². The monoisotopic (exact) mass is 275 g/mol. The molecule has 4 rings (SSSR count). The highest BCUT2D eigenvalue weighted by molar-refractivity contribution is 5.41. The van der Waals surface area contributed by atoms with Gasteiger partial charge in [0.05, 0.1) is 0 Å². The average Bonchev–Trinajstić information content (AvgIpc) is 3.10. The van der Waals surface area contributed by atoms with Crippen molar-refractivity contribution in [1.82, 2.24) is 30.2 Å². The molecule has 0 aliphatic carbocycles. The molecule has 2 atom stereocenters. The molecule has 0 amide bonds. The van der Waals surface area contributed by atoms with E-state index in [-0.39, 0.29) is 5.95 Å². The number of H-pyrrole nitrogens is 1. The zero-order chi connectivity index (χ0) is 13.7. The first-order chi connectivity index (χ1) is 9.70. The number of nitrogen functional groups attached to an aromatic ring is 1. The molecule has 0 radical (unpaired) electrons. The molecule has 0 spiro atoms. The predicted molar refractivity (Wildman–Crippen MR) is 70.6 cm³/mol. The van der Waals surface area contributed by atoms with E-state index in [9.17, 15) is 0 Å². The summed E-state index contributed by atoms with van der Waals surface area (Å²) >= 11 is 0. The fourth-order valence-electron chi connectivity index (χ4n) is 3.49. The normalized spacial score (nSPS) is 29.9. The van der Waals surface area contributed by atoms with E-state index in [0.29, 0.717) is 29.7 Å². The molecular weight excluding hydrogens is 258 g/mol. The van der Waals surface area contributed by atoms with Gasteiger partial charge in [-0.2, -0.15) is 9.97 Å². The van der Waals surface area contributed by atoms with E-state index in [2.05, 4.69) is 37.3 Å². The minimum absolute atomic E-state index is 0.178. The van der Waals surface area contributed by atoms with Gasteiger partial charge in [0.25, 0.3) is 5.89 Å². The second-order valence-electron chi connectivity index (χ2n) is 5.72. The molecule has 0 aromatic carbocycles. The molecule has 2 fully saturated rings. The van der Waals surface area contributed by atoms with Crippen LogP contribution in [0.1, 0.15) is 37.4 Å². The number of hydrogen-bond donors (Lipinski definition) is 2. The van der Waals surface area contributed by atoms with E-state index in [1.165, 1.54) is 12.8 Å². The van der Waals surface area contributed by atoms with Gasteiger partial charge in [-0.25, -0.2) is 0 Å². The molecule has 20 heavy (non-hydrogen) atoms. The molecular formula is C12H17N7O. The highest BCUT2D eigenvalue weighted by Gasteiger charge is 2.40. The van der Waals surface area contributed by atoms with Gasteiger partial charge in [0, 0.05) is 18.0 Å². The lowest BCUT2D eigenvalue weighted by atomic mass is 9.90. The number of piperidine rings is 1. The Balaban J connectivity index is 1.57. The maximum absolute atomic E-state index is 5.48. The summed E-state index contributed by atoms with van der Waals surface area (Å²) in [5.74, 6) is 2.12. The Morgan fingerprint density at radius 2 is 2.00 bits per heavy atom. The quantitative estimate of drug-likeness (QED) is 0.833. The van der Waals surface area contributed by atoms with Crippen molar-refractivity contribution in [2.24, 2.45) is 0 Å². The average molecular weight is 275 g/mol. The van der Waals surface area contributed by atoms with Crippen molar-refractivity contribution in [3.63, 3.8) is 0 Å². The number of anilines is 1. The molecule has 2 aliphatic rings. The number of rotatable bonds is 2. The van der Waals surface area contributed by atoms with Gasteiger partial charge in [0.15, 0.2) is 5.82 Å². The highest BCUT2D eigenvalue weighted by atomic mass is 16.5. The minimum Gasteiger partial charge on any atom is -0.366 e. The number of nitrogens with zero attached hydrogens (tertiary/aromatic N) is 5. The van der Waals surface area contributed by atoms with Crippen LogP contribution in [0.5, 0.6) is 0 Å². The smallest absolute Gasteiger partial charge is 0.295 e. The molecule has 2 aromatic heterocycles. The Hall–Kier alpha value is -1.96. The van der Waals surface area contributed by atoms with Crippen molar-refractivity contribution < 1.29 is 4.52 Å². The minimum atomic E-state index is 0.178. The van der Waals surface area contributed by atoms with Gasteiger partial charge in [-0.05, 0) is 32.7 Å². The first-order valence-electron chi connectivity index (χ1n) is 6.94. The maximum Gasteiger partial charge on any atom is 0.295 e. The van der Waals surface area contributed by atoms with Crippen LogP contribution in [0.25, 0.3) is 11.7 Å². The Labute approximate surface area is 115 Å². The second-order valence-corrected chi connectivity index (χ2v) is 5.72. The van der Waals surface area contributed by atoms with E-state index in [0.717, 1.165) is 18.7 Å². The lowest BCUT2D eigenvalue weighted by Gasteiger charge is -2.34. The van der Waals surface area contributed by atoms with Crippen LogP contribution in [0.3, 0.4) is 0 Å². The van der Waals surface area contributed by atoms with Crippen molar-refractivity contribution >= 4 is 5.95 Å². The zero-order valence-corrected chi connectivity index (χ0v) is 11.3. The van der Waals surface area contributed by atoms with Crippen LogP contribution in [-0.4, -0.2) is 49.4 Å². The second kappa shape index (κ2) is 4.27. The van der Waals surface area contributed by atoms with Crippen LogP contribution >= 0.6 is 0 Å². The number of nitrogens with two attached hydrogens (primary N) is 1. The lowest BCUT2D eigenvalue weighted by molar-refractivity contribution is 0.157. The molecule has 2 aromatic rings. The number of hydrogen-bond acceptors (Lipinski definition) is 7. The summed E-state index contributed by atoms with van der Waals surface area (Å²) in [6.45, 7) is 0. The molecule has 0 saturated carbocycles. The van der Waals surface area contributed by atoms with Crippen molar-refractivity contribution in [2.45, 2.75) is 43.7 Å². The highest BCUT2D eigenvalue weighted by Crippen LogP contribution is 2.41. The summed E-state index contributed by atoms with van der Waals surface area (Å²) in [7, 11) is 2.22. The largest absolute Gasteiger partial charge is 0.366 e. The van der Waals surface area contributed by atoms with E-state index < -0.39 is 0 Å². The van der Waals surface area contributed by atoms with E-state index in [1.54, 1.807) is 0 Å². The molecule has 2 bridgehead atoms. The molecule has 2 saturated heterocycles. The van der Waals surface area contributed by atoms with Gasteiger partial charge in [-0.15, -0.1) is 5.10 Å². The van der Waals surface area contributed by atoms with Gasteiger partial charge < -0.3 is 15.2 Å². The first kappa shape index (κ1) is 11.8. The first-order valence-corrected chi connectivity index (χ1v) is 6.94. The van der Waals surface area contributed by atoms with E-state index in [1.807, 2.05) is 0 Å². The maximum atomic E-state index is 5.48. The van der Waals surface area contributed by atoms with Gasteiger partial charge in [-0.3, -0.25) is 5.10 Å². The fraction of sp³-hybridized carbons (Fsp3) is 0.667. The van der Waals surface area contributed by atoms with Crippen LogP contribution in [0.15, 0.2) is 4.52 Å². The molecule has 4 heterocycles. The summed E-state index contributed by atoms with van der Waals surface area (Å²) in [6, 6.07) is 1.31. The van der Waals surface area contributed by atoms with Crippen LogP contribution < -0.4 is 5.73 Å². The topological polar surface area (TPSA) is 110 Å². The Morgan fingerprint density at radius 1 is 1.25 bits per heavy atom. The Morgan fingerprint density at radius 3 is 2.65 bits per heavy atom. The standard InChI is InChI=1S/C12H17N7O/c1-19-7-2-3-8(19)5-6(4-7)9-14-11(20-18-9)10-15-12(13)17-16-10/h6-8H,2-5H2,1H3,(H3,13,15,16,17). The van der Waals surface area contributed by atoms with Gasteiger partial charge in [-0.1, -0.05) is 5.16 Å². The van der Waals surface area contributed by atoms with Crippen molar-refractivity contribution in [2.75, 3.05) is 12.8 Å². The number of aromatic amines is 1. The molecule has 2 unspecified atom stereocenters. The van der Waals surface area contributed by atoms with Crippen molar-refractivity contribution in [1.29, 1.82) is 0 Å². The third-order valence-electron chi connectivity index (χ3n) is 4.61. The Kier molecular flexibility index (Phi) is 2.53. The van der Waals surface area contributed by atoms with Crippen molar-refractivity contribution in [3.05, 3.63) is 5.82 Å². The summed E-state index contributed by atoms with van der Waals surface area (Å²) in [4.78, 5) is 10.9. The summed E-state index contributed by atoms with van der Waals surface area (Å²) in [6.07, 6.45) is 4.76. The fourth-order valence-corrected chi connectivity index (χ4v) is 3.49. The number of fused-ring (bicyclic) bond motifs is 2. The van der Waals surface area contributed by atoms with Crippen LogP contribution in [0.2, 0.25) is 0 Å². The van der Waals surface area contributed by atoms with Gasteiger partial charge in [0.1, 0.15) is 0 Å². The number of nitrogens with one attached hydrogen (secondary N) is 1. The molecule has 8 heteroatoms. The zero-order valence-electron chi connectivity index (χ0n) is 11.3. The Bertz CT molecular complexity index is 607. The van der Waals surface area contributed by atoms with Crippen molar-refractivity contribution in [3.8, 4) is 11.7 Å². The van der Waals surface area contributed by atoms with E-state index >= 15 is 0 Å². The third-order valence-corrected chi connectivity index (χ3v) is 4.61. The van der Waals surface area contributed by atoms with Crippen LogP contribution in [0.4, 0.5) is 5.95 Å². The summed E-state index contributed by atoms with van der Waals surface area (Å²) in [5.41, 5.74) is 5.48. The molecule has 2 aliphatic heterocycles. The SMILES string of the molecule is CN1C2CCC1CC(c1noc(-c3nc(N)n[nH]3)n1)C2. The number of aromatic nitrogens is 5. The van der Waals surface area contributed by atoms with E-state index in [4.69, 9.17) is 10.3 Å². The van der Waals surface area contributed by atoms with Crippen LogP contribution in [0, 0.1) is 0 Å². The predicted octanol–water partition coefficient (Wildman–Crippen LogP) is 0.777. The molecule has 8 nitrogen and oxygen atoms in total. The summed E-state index contributed by atoms with van der Waals surface area (Å²) < 4.78 is 5.27. The molecule has 3 N–H and O–H groups in total. The lowest BCUT2D eigenvalue weighted by Crippen LogP contribution is -2.39.